The van der Waals surface area contributed by atoms with Crippen LogP contribution in [0.3, 0.4) is 0 Å². The second-order valence-electron chi connectivity index (χ2n) is 2.76. The molecule has 0 aromatic heterocycles. The number of aliphatic hydroxyl groups excluding tert-OH is 2. The summed E-state index contributed by atoms with van der Waals surface area (Å²) in [6.07, 6.45) is -0.908. The summed E-state index contributed by atoms with van der Waals surface area (Å²) in [6.45, 7) is 0.681. The summed E-state index contributed by atoms with van der Waals surface area (Å²) in [6, 6.07) is 0. The van der Waals surface area contributed by atoms with Gasteiger partial charge in [0.05, 0.1) is 25.4 Å². The fraction of sp³-hybridized carbons (Fsp3) is 1.00. The van der Waals surface area contributed by atoms with E-state index < -0.39 is 12.2 Å². The van der Waals surface area contributed by atoms with E-state index in [0.717, 1.165) is 0 Å². The summed E-state index contributed by atoms with van der Waals surface area (Å²) < 4.78 is 9.52. The molecule has 0 saturated heterocycles. The van der Waals surface area contributed by atoms with E-state index >= 15 is 0 Å². The third kappa shape index (κ3) is 8.52. The zero-order valence-electron chi connectivity index (χ0n) is 8.10. The normalized spacial score (nSPS) is 15.7. The van der Waals surface area contributed by atoms with E-state index in [2.05, 4.69) is 0 Å². The van der Waals surface area contributed by atoms with E-state index in [1.165, 1.54) is 11.8 Å². The van der Waals surface area contributed by atoms with Crippen molar-refractivity contribution in [2.24, 2.45) is 0 Å². The number of methoxy groups -OCH3 is 2. The van der Waals surface area contributed by atoms with Crippen LogP contribution in [0.25, 0.3) is 0 Å². The fourth-order valence-electron chi connectivity index (χ4n) is 0.821. The van der Waals surface area contributed by atoms with Crippen molar-refractivity contribution >= 4 is 11.8 Å². The molecule has 80 valence electrons. The van der Waals surface area contributed by atoms with Crippen molar-refractivity contribution in [3.63, 3.8) is 0 Å². The van der Waals surface area contributed by atoms with Gasteiger partial charge in [0.25, 0.3) is 0 Å². The quantitative estimate of drug-likeness (QED) is 0.578. The molecular weight excluding hydrogens is 192 g/mol. The molecule has 4 nitrogen and oxygen atoms in total. The first-order chi connectivity index (χ1) is 6.20. The second kappa shape index (κ2) is 8.77. The number of hydrogen-bond donors (Lipinski definition) is 2. The lowest BCUT2D eigenvalue weighted by Crippen LogP contribution is -2.21. The maximum Gasteiger partial charge on any atom is 0.0863 e. The number of aliphatic hydroxyl groups is 2. The van der Waals surface area contributed by atoms with Gasteiger partial charge in [-0.25, -0.2) is 0 Å². The van der Waals surface area contributed by atoms with Crippen molar-refractivity contribution in [1.82, 2.24) is 0 Å². The molecule has 0 spiro atoms. The second-order valence-corrected chi connectivity index (χ2v) is 3.83. The summed E-state index contributed by atoms with van der Waals surface area (Å²) in [7, 11) is 3.10. The SMILES string of the molecule is COCC(O)CSCC(O)COC. The van der Waals surface area contributed by atoms with Crippen LogP contribution in [-0.2, 0) is 9.47 Å². The van der Waals surface area contributed by atoms with Gasteiger partial charge in [-0.05, 0) is 0 Å². The van der Waals surface area contributed by atoms with E-state index in [1.807, 2.05) is 0 Å². The van der Waals surface area contributed by atoms with Gasteiger partial charge in [-0.2, -0.15) is 11.8 Å². The fourth-order valence-corrected chi connectivity index (χ4v) is 1.69. The molecular formula is C8H18O4S. The van der Waals surface area contributed by atoms with Crippen LogP contribution >= 0.6 is 11.8 Å². The monoisotopic (exact) mass is 210 g/mol. The molecule has 2 unspecified atom stereocenters. The molecule has 2 atom stereocenters. The molecule has 0 aliphatic heterocycles. The van der Waals surface area contributed by atoms with Crippen LogP contribution in [0.2, 0.25) is 0 Å². The molecule has 0 rings (SSSR count). The number of ether oxygens (including phenoxy) is 2. The number of hydrogen-bond acceptors (Lipinski definition) is 5. The van der Waals surface area contributed by atoms with Crippen molar-refractivity contribution in [1.29, 1.82) is 0 Å². The molecule has 0 aromatic rings. The van der Waals surface area contributed by atoms with Crippen LogP contribution in [0.5, 0.6) is 0 Å². The highest BCUT2D eigenvalue weighted by Crippen LogP contribution is 2.05. The molecule has 0 fully saturated rings. The Morgan fingerprint density at radius 2 is 1.38 bits per heavy atom. The van der Waals surface area contributed by atoms with Crippen molar-refractivity contribution < 1.29 is 19.7 Å². The van der Waals surface area contributed by atoms with Crippen LogP contribution in [0.4, 0.5) is 0 Å². The Morgan fingerprint density at radius 3 is 1.69 bits per heavy atom. The predicted molar refractivity (Wildman–Crippen MR) is 53.1 cm³/mol. The Morgan fingerprint density at radius 1 is 1.00 bits per heavy atom. The van der Waals surface area contributed by atoms with E-state index in [1.54, 1.807) is 14.2 Å². The molecule has 0 heterocycles. The van der Waals surface area contributed by atoms with Gasteiger partial charge in [-0.3, -0.25) is 0 Å². The Hall–Kier alpha value is 0.190. The van der Waals surface area contributed by atoms with E-state index in [0.29, 0.717) is 24.7 Å². The average molecular weight is 210 g/mol. The zero-order chi connectivity index (χ0) is 10.1. The van der Waals surface area contributed by atoms with Gasteiger partial charge in [0.1, 0.15) is 0 Å². The molecule has 13 heavy (non-hydrogen) atoms. The highest BCUT2D eigenvalue weighted by atomic mass is 32.2. The Labute approximate surface area is 83.2 Å². The Balaban J connectivity index is 3.23. The van der Waals surface area contributed by atoms with Crippen molar-refractivity contribution in [3.05, 3.63) is 0 Å². The first kappa shape index (κ1) is 13.2. The first-order valence-corrected chi connectivity index (χ1v) is 5.28. The molecule has 2 N–H and O–H groups in total. The molecule has 0 aliphatic carbocycles. The van der Waals surface area contributed by atoms with Gasteiger partial charge in [0.2, 0.25) is 0 Å². The summed E-state index contributed by atoms with van der Waals surface area (Å²) >= 11 is 1.49. The van der Waals surface area contributed by atoms with Crippen LogP contribution in [0.15, 0.2) is 0 Å². The van der Waals surface area contributed by atoms with Gasteiger partial charge in [0, 0.05) is 25.7 Å². The standard InChI is InChI=1S/C8H18O4S/c1-11-3-7(9)5-13-6-8(10)4-12-2/h7-10H,3-6H2,1-2H3. The summed E-state index contributed by atoms with van der Waals surface area (Å²) in [5.74, 6) is 1.16. The van der Waals surface area contributed by atoms with Crippen molar-refractivity contribution in [2.45, 2.75) is 12.2 Å². The van der Waals surface area contributed by atoms with Crippen LogP contribution < -0.4 is 0 Å². The highest BCUT2D eigenvalue weighted by molar-refractivity contribution is 7.99. The van der Waals surface area contributed by atoms with E-state index in [9.17, 15) is 10.2 Å². The Kier molecular flexibility index (Phi) is 8.90. The number of rotatable bonds is 8. The minimum Gasteiger partial charge on any atom is -0.390 e. The zero-order valence-corrected chi connectivity index (χ0v) is 8.92. The van der Waals surface area contributed by atoms with Gasteiger partial charge < -0.3 is 19.7 Å². The van der Waals surface area contributed by atoms with Gasteiger partial charge in [0.15, 0.2) is 0 Å². The molecule has 5 heteroatoms. The Bertz CT molecular complexity index is 100. The first-order valence-electron chi connectivity index (χ1n) is 4.12. The summed E-state index contributed by atoms with van der Waals surface area (Å²) in [5, 5.41) is 18.5. The molecule has 0 aliphatic rings. The van der Waals surface area contributed by atoms with Crippen LogP contribution in [0, 0.1) is 0 Å². The molecule has 0 bridgehead atoms. The minimum atomic E-state index is -0.454. The van der Waals surface area contributed by atoms with E-state index in [-0.39, 0.29) is 0 Å². The van der Waals surface area contributed by atoms with Crippen LogP contribution in [0.1, 0.15) is 0 Å². The lowest BCUT2D eigenvalue weighted by Gasteiger charge is -2.11. The average Bonchev–Trinajstić information content (AvgIpc) is 2.05. The number of thioether (sulfide) groups is 1. The van der Waals surface area contributed by atoms with E-state index in [4.69, 9.17) is 9.47 Å². The maximum atomic E-state index is 9.23. The van der Waals surface area contributed by atoms with Crippen molar-refractivity contribution in [2.75, 3.05) is 38.9 Å². The highest BCUT2D eigenvalue weighted by Gasteiger charge is 2.07. The molecule has 0 radical (unpaired) electrons. The minimum absolute atomic E-state index is 0.341. The third-order valence-electron chi connectivity index (χ3n) is 1.34. The largest absolute Gasteiger partial charge is 0.390 e. The molecule has 0 aromatic carbocycles. The molecule has 0 saturated carbocycles. The van der Waals surface area contributed by atoms with Crippen molar-refractivity contribution in [3.8, 4) is 0 Å². The van der Waals surface area contributed by atoms with Gasteiger partial charge in [-0.1, -0.05) is 0 Å². The lowest BCUT2D eigenvalue weighted by molar-refractivity contribution is 0.0762. The van der Waals surface area contributed by atoms with Gasteiger partial charge in [-0.15, -0.1) is 0 Å². The predicted octanol–water partition coefficient (Wildman–Crippen LogP) is -0.266. The lowest BCUT2D eigenvalue weighted by atomic mass is 10.4. The third-order valence-corrected chi connectivity index (χ3v) is 2.58. The topological polar surface area (TPSA) is 58.9 Å². The van der Waals surface area contributed by atoms with Crippen LogP contribution in [-0.4, -0.2) is 61.4 Å². The smallest absolute Gasteiger partial charge is 0.0863 e. The summed E-state index contributed by atoms with van der Waals surface area (Å²) in [4.78, 5) is 0. The van der Waals surface area contributed by atoms with Gasteiger partial charge >= 0.3 is 0 Å². The maximum absolute atomic E-state index is 9.23. The molecule has 0 amide bonds. The summed E-state index contributed by atoms with van der Waals surface area (Å²) in [5.41, 5.74) is 0.